The number of carbonyl (C=O) groups is 1. The Hall–Kier alpha value is -2.40. The Kier molecular flexibility index (Phi) is 5.75. The summed E-state index contributed by atoms with van der Waals surface area (Å²) in [7, 11) is 0. The Morgan fingerprint density at radius 2 is 1.96 bits per heavy atom. The van der Waals surface area contributed by atoms with Crippen molar-refractivity contribution in [2.75, 3.05) is 6.54 Å². The molecule has 0 radical (unpaired) electrons. The van der Waals surface area contributed by atoms with Gasteiger partial charge in [-0.05, 0) is 51.7 Å². The molecule has 2 aromatic rings. The Morgan fingerprint density at radius 3 is 2.64 bits per heavy atom. The van der Waals surface area contributed by atoms with E-state index in [4.69, 9.17) is 10.5 Å². The summed E-state index contributed by atoms with van der Waals surface area (Å²) >= 11 is 0. The minimum atomic E-state index is -0.579. The van der Waals surface area contributed by atoms with Crippen LogP contribution in [-0.4, -0.2) is 35.2 Å². The highest BCUT2D eigenvalue weighted by atomic mass is 19.1. The summed E-state index contributed by atoms with van der Waals surface area (Å²) in [4.78, 5) is 14.2. The number of rotatable bonds is 3. The third-order valence-corrected chi connectivity index (χ3v) is 5.06. The number of hydrogen-bond acceptors (Lipinski definition) is 3. The predicted molar refractivity (Wildman–Crippen MR) is 110 cm³/mol. The molecule has 0 bridgehead atoms. The van der Waals surface area contributed by atoms with E-state index >= 15 is 4.39 Å². The number of halogens is 1. The van der Waals surface area contributed by atoms with E-state index in [-0.39, 0.29) is 24.0 Å². The second-order valence-electron chi connectivity index (χ2n) is 8.55. The third kappa shape index (κ3) is 4.53. The van der Waals surface area contributed by atoms with Gasteiger partial charge in [-0.3, -0.25) is 0 Å². The number of ether oxygens (including phenoxy) is 1. The SMILES string of the molecule is Cc1cccc(-c2cccc(C[C@H]3[C@@H](N)CCN3C(=O)OC(C)(C)C)c2F)c1. The lowest BCUT2D eigenvalue weighted by molar-refractivity contribution is 0.0220. The maximum atomic E-state index is 15.3. The highest BCUT2D eigenvalue weighted by Crippen LogP contribution is 2.29. The molecule has 2 N–H and O–H groups in total. The molecule has 1 aliphatic rings. The molecule has 4 nitrogen and oxygen atoms in total. The van der Waals surface area contributed by atoms with E-state index in [1.54, 1.807) is 17.0 Å². The Morgan fingerprint density at radius 1 is 1.25 bits per heavy atom. The van der Waals surface area contributed by atoms with Crippen molar-refractivity contribution in [3.05, 3.63) is 59.4 Å². The summed E-state index contributed by atoms with van der Waals surface area (Å²) in [6, 6.07) is 12.7. The van der Waals surface area contributed by atoms with Gasteiger partial charge in [0.2, 0.25) is 0 Å². The summed E-state index contributed by atoms with van der Waals surface area (Å²) in [5, 5.41) is 0. The van der Waals surface area contributed by atoms with E-state index in [0.717, 1.165) is 11.1 Å². The van der Waals surface area contributed by atoms with Crippen LogP contribution in [0.5, 0.6) is 0 Å². The lowest BCUT2D eigenvalue weighted by Gasteiger charge is -2.30. The smallest absolute Gasteiger partial charge is 0.410 e. The standard InChI is InChI=1S/C23H29FN2O2/c1-15-7-5-8-16(13-15)18-10-6-9-17(21(18)24)14-20-19(25)11-12-26(20)22(27)28-23(2,3)4/h5-10,13,19-20H,11-12,14,25H2,1-4H3/t19-,20-/m0/s1. The van der Waals surface area contributed by atoms with Gasteiger partial charge in [-0.2, -0.15) is 0 Å². The van der Waals surface area contributed by atoms with Crippen LogP contribution < -0.4 is 5.73 Å². The normalized spacial score (nSPS) is 19.7. The van der Waals surface area contributed by atoms with Gasteiger partial charge < -0.3 is 15.4 Å². The maximum absolute atomic E-state index is 15.3. The van der Waals surface area contributed by atoms with Crippen LogP contribution in [0.1, 0.15) is 38.3 Å². The first-order valence-corrected chi connectivity index (χ1v) is 9.75. The second-order valence-corrected chi connectivity index (χ2v) is 8.55. The van der Waals surface area contributed by atoms with Crippen LogP contribution in [0.3, 0.4) is 0 Å². The molecule has 0 spiro atoms. The second kappa shape index (κ2) is 7.92. The number of hydrogen-bond donors (Lipinski definition) is 1. The first-order chi connectivity index (χ1) is 13.2. The average molecular weight is 384 g/mol. The number of nitrogens with zero attached hydrogens (tertiary/aromatic N) is 1. The van der Waals surface area contributed by atoms with Crippen LogP contribution in [0.2, 0.25) is 0 Å². The van der Waals surface area contributed by atoms with Gasteiger partial charge in [0.1, 0.15) is 11.4 Å². The zero-order valence-electron chi connectivity index (χ0n) is 17.0. The lowest BCUT2D eigenvalue weighted by Crippen LogP contribution is -2.46. The quantitative estimate of drug-likeness (QED) is 0.836. The summed E-state index contributed by atoms with van der Waals surface area (Å²) < 4.78 is 20.8. The summed E-state index contributed by atoms with van der Waals surface area (Å²) in [6.07, 6.45) is 0.662. The lowest BCUT2D eigenvalue weighted by atomic mass is 9.95. The van der Waals surface area contributed by atoms with Crippen molar-refractivity contribution in [1.82, 2.24) is 4.90 Å². The zero-order chi connectivity index (χ0) is 20.5. The zero-order valence-corrected chi connectivity index (χ0v) is 17.0. The first-order valence-electron chi connectivity index (χ1n) is 9.75. The molecule has 1 saturated heterocycles. The van der Waals surface area contributed by atoms with Gasteiger partial charge in [0.15, 0.2) is 0 Å². The van der Waals surface area contributed by atoms with Crippen molar-refractivity contribution in [1.29, 1.82) is 0 Å². The maximum Gasteiger partial charge on any atom is 0.410 e. The van der Waals surface area contributed by atoms with Gasteiger partial charge in [-0.25, -0.2) is 9.18 Å². The van der Waals surface area contributed by atoms with E-state index in [1.807, 2.05) is 58.0 Å². The molecule has 1 heterocycles. The highest BCUT2D eigenvalue weighted by molar-refractivity contribution is 5.69. The van der Waals surface area contributed by atoms with Gasteiger partial charge in [-0.1, -0.05) is 48.0 Å². The van der Waals surface area contributed by atoms with Gasteiger partial charge >= 0.3 is 6.09 Å². The highest BCUT2D eigenvalue weighted by Gasteiger charge is 2.37. The molecule has 2 aromatic carbocycles. The molecule has 1 fully saturated rings. The molecule has 1 amide bonds. The average Bonchev–Trinajstić information content (AvgIpc) is 2.96. The van der Waals surface area contributed by atoms with Crippen LogP contribution in [0.4, 0.5) is 9.18 Å². The van der Waals surface area contributed by atoms with Crippen molar-refractivity contribution >= 4 is 6.09 Å². The Balaban J connectivity index is 1.86. The van der Waals surface area contributed by atoms with Crippen molar-refractivity contribution in [2.24, 2.45) is 5.73 Å². The summed E-state index contributed by atoms with van der Waals surface area (Å²) in [6.45, 7) is 8.02. The molecule has 0 saturated carbocycles. The summed E-state index contributed by atoms with van der Waals surface area (Å²) in [5.74, 6) is -0.253. The fourth-order valence-corrected chi connectivity index (χ4v) is 3.68. The molecule has 28 heavy (non-hydrogen) atoms. The fraction of sp³-hybridized carbons (Fsp3) is 0.435. The van der Waals surface area contributed by atoms with Crippen LogP contribution in [-0.2, 0) is 11.2 Å². The number of aryl methyl sites for hydroxylation is 1. The fourth-order valence-electron chi connectivity index (χ4n) is 3.68. The topological polar surface area (TPSA) is 55.6 Å². The molecular formula is C23H29FN2O2. The van der Waals surface area contributed by atoms with E-state index in [2.05, 4.69) is 0 Å². The van der Waals surface area contributed by atoms with Gasteiger partial charge in [0.25, 0.3) is 0 Å². The van der Waals surface area contributed by atoms with Crippen molar-refractivity contribution in [3.63, 3.8) is 0 Å². The molecule has 150 valence electrons. The Labute approximate surface area is 166 Å². The van der Waals surface area contributed by atoms with Crippen LogP contribution >= 0.6 is 0 Å². The third-order valence-electron chi connectivity index (χ3n) is 5.06. The van der Waals surface area contributed by atoms with E-state index < -0.39 is 5.60 Å². The van der Waals surface area contributed by atoms with Crippen LogP contribution in [0.15, 0.2) is 42.5 Å². The van der Waals surface area contributed by atoms with Crippen molar-refractivity contribution in [3.8, 4) is 11.1 Å². The van der Waals surface area contributed by atoms with Gasteiger partial charge in [0, 0.05) is 18.2 Å². The van der Waals surface area contributed by atoms with Gasteiger partial charge in [-0.15, -0.1) is 0 Å². The summed E-state index contributed by atoms with van der Waals surface area (Å²) in [5.41, 5.74) is 8.74. The van der Waals surface area contributed by atoms with Crippen molar-refractivity contribution in [2.45, 2.75) is 58.2 Å². The van der Waals surface area contributed by atoms with Crippen LogP contribution in [0, 0.1) is 12.7 Å². The molecular weight excluding hydrogens is 355 g/mol. The number of amides is 1. The minimum Gasteiger partial charge on any atom is -0.444 e. The molecule has 1 aliphatic heterocycles. The minimum absolute atomic E-state index is 0.199. The number of likely N-dealkylation sites (tertiary alicyclic amines) is 1. The molecule has 0 aliphatic carbocycles. The van der Waals surface area contributed by atoms with E-state index in [1.165, 1.54) is 0 Å². The van der Waals surface area contributed by atoms with Crippen molar-refractivity contribution < 1.29 is 13.9 Å². The number of carbonyl (C=O) groups excluding carboxylic acids is 1. The molecule has 5 heteroatoms. The molecule has 0 aromatic heterocycles. The predicted octanol–water partition coefficient (Wildman–Crippen LogP) is 4.68. The monoisotopic (exact) mass is 384 g/mol. The number of nitrogens with two attached hydrogens (primary N) is 1. The van der Waals surface area contributed by atoms with E-state index in [0.29, 0.717) is 30.5 Å². The van der Waals surface area contributed by atoms with Gasteiger partial charge in [0.05, 0.1) is 6.04 Å². The van der Waals surface area contributed by atoms with Crippen LogP contribution in [0.25, 0.3) is 11.1 Å². The molecule has 3 rings (SSSR count). The Bertz CT molecular complexity index is 860. The largest absolute Gasteiger partial charge is 0.444 e. The number of benzene rings is 2. The molecule has 0 unspecified atom stereocenters. The molecule has 2 atom stereocenters. The van der Waals surface area contributed by atoms with E-state index in [9.17, 15) is 4.79 Å². The first kappa shape index (κ1) is 20.3.